The predicted molar refractivity (Wildman–Crippen MR) is 105 cm³/mol. The molecule has 0 radical (unpaired) electrons. The van der Waals surface area contributed by atoms with Gasteiger partial charge in [-0.1, -0.05) is 17.7 Å². The van der Waals surface area contributed by atoms with Crippen LogP contribution < -0.4 is 5.32 Å². The maximum absolute atomic E-state index is 14.0. The lowest BCUT2D eigenvalue weighted by molar-refractivity contribution is 0.102. The van der Waals surface area contributed by atoms with Crippen molar-refractivity contribution in [2.24, 2.45) is 0 Å². The first-order valence-electron chi connectivity index (χ1n) is 8.08. The molecule has 1 aromatic carbocycles. The topological polar surface area (TPSA) is 88.7 Å². The molecular weight excluding hydrogens is 453 g/mol. The fourth-order valence-corrected chi connectivity index (χ4v) is 3.21. The Morgan fingerprint density at radius 3 is 2.96 bits per heavy atom. The van der Waals surface area contributed by atoms with E-state index in [9.17, 15) is 9.18 Å². The van der Waals surface area contributed by atoms with Crippen LogP contribution in [0.2, 0.25) is 5.02 Å². The van der Waals surface area contributed by atoms with Crippen molar-refractivity contribution in [3.8, 4) is 11.5 Å². The zero-order chi connectivity index (χ0) is 19.7. The SMILES string of the molecule is O=C(Nc1nn(Cc2c(F)cccc2Cl)cc1Br)c1cc(-c2ccco2)[nH]n1. The summed E-state index contributed by atoms with van der Waals surface area (Å²) >= 11 is 9.39. The summed E-state index contributed by atoms with van der Waals surface area (Å²) in [5.41, 5.74) is 1.06. The van der Waals surface area contributed by atoms with Crippen molar-refractivity contribution < 1.29 is 13.6 Å². The first kappa shape index (κ1) is 18.5. The Bertz CT molecular complexity index is 1120. The number of benzene rings is 1. The van der Waals surface area contributed by atoms with E-state index < -0.39 is 11.7 Å². The van der Waals surface area contributed by atoms with Gasteiger partial charge >= 0.3 is 0 Å². The van der Waals surface area contributed by atoms with E-state index in [2.05, 4.69) is 36.5 Å². The van der Waals surface area contributed by atoms with Crippen molar-refractivity contribution in [2.75, 3.05) is 5.32 Å². The fourth-order valence-electron chi connectivity index (χ4n) is 2.58. The third-order valence-electron chi connectivity index (χ3n) is 3.93. The molecule has 10 heteroatoms. The maximum atomic E-state index is 14.0. The number of hydrogen-bond acceptors (Lipinski definition) is 4. The van der Waals surface area contributed by atoms with Gasteiger partial charge < -0.3 is 9.73 Å². The molecule has 0 atom stereocenters. The van der Waals surface area contributed by atoms with Gasteiger partial charge in [-0.3, -0.25) is 14.6 Å². The number of nitrogens with one attached hydrogen (secondary N) is 2. The highest BCUT2D eigenvalue weighted by Crippen LogP contribution is 2.25. The average Bonchev–Trinajstić information content (AvgIpc) is 3.40. The van der Waals surface area contributed by atoms with E-state index in [0.29, 0.717) is 26.5 Å². The summed E-state index contributed by atoms with van der Waals surface area (Å²) in [6.07, 6.45) is 3.15. The van der Waals surface area contributed by atoms with Crippen LogP contribution in [0.1, 0.15) is 16.1 Å². The minimum Gasteiger partial charge on any atom is -0.463 e. The molecule has 0 aliphatic rings. The van der Waals surface area contributed by atoms with Crippen LogP contribution in [0.5, 0.6) is 0 Å². The van der Waals surface area contributed by atoms with Crippen molar-refractivity contribution in [1.82, 2.24) is 20.0 Å². The summed E-state index contributed by atoms with van der Waals surface area (Å²) in [7, 11) is 0. The third kappa shape index (κ3) is 3.71. The Morgan fingerprint density at radius 2 is 2.21 bits per heavy atom. The number of halogens is 3. The van der Waals surface area contributed by atoms with Crippen molar-refractivity contribution in [2.45, 2.75) is 6.54 Å². The molecule has 0 saturated heterocycles. The highest BCUT2D eigenvalue weighted by molar-refractivity contribution is 9.10. The van der Waals surface area contributed by atoms with Gasteiger partial charge in [-0.05, 0) is 40.2 Å². The summed E-state index contributed by atoms with van der Waals surface area (Å²) in [6.45, 7) is 0.116. The molecule has 0 unspecified atom stereocenters. The second kappa shape index (κ2) is 7.61. The monoisotopic (exact) mass is 463 g/mol. The van der Waals surface area contributed by atoms with E-state index in [1.54, 1.807) is 30.5 Å². The lowest BCUT2D eigenvalue weighted by atomic mass is 10.2. The van der Waals surface area contributed by atoms with E-state index in [4.69, 9.17) is 16.0 Å². The van der Waals surface area contributed by atoms with Crippen LogP contribution in [0, 0.1) is 5.82 Å². The molecule has 4 aromatic rings. The van der Waals surface area contributed by atoms with Crippen LogP contribution >= 0.6 is 27.5 Å². The van der Waals surface area contributed by atoms with E-state index in [-0.39, 0.29) is 18.1 Å². The first-order chi connectivity index (χ1) is 13.5. The number of aromatic amines is 1. The van der Waals surface area contributed by atoms with Crippen LogP contribution in [0.25, 0.3) is 11.5 Å². The Hall–Kier alpha value is -2.91. The molecule has 3 aromatic heterocycles. The second-order valence-electron chi connectivity index (χ2n) is 5.82. The molecule has 3 heterocycles. The molecule has 28 heavy (non-hydrogen) atoms. The number of H-pyrrole nitrogens is 1. The number of rotatable bonds is 5. The number of nitrogens with zero attached hydrogens (tertiary/aromatic N) is 3. The number of hydrogen-bond donors (Lipinski definition) is 2. The maximum Gasteiger partial charge on any atom is 0.277 e. The van der Waals surface area contributed by atoms with Crippen LogP contribution in [0.4, 0.5) is 10.2 Å². The van der Waals surface area contributed by atoms with Crippen LogP contribution in [0.3, 0.4) is 0 Å². The number of aromatic nitrogens is 4. The Balaban J connectivity index is 1.50. The zero-order valence-corrected chi connectivity index (χ0v) is 16.5. The number of anilines is 1. The smallest absolute Gasteiger partial charge is 0.277 e. The molecule has 0 saturated carbocycles. The van der Waals surface area contributed by atoms with Gasteiger partial charge in [-0.25, -0.2) is 4.39 Å². The first-order valence-corrected chi connectivity index (χ1v) is 9.25. The number of carbonyl (C=O) groups is 1. The fraction of sp³-hybridized carbons (Fsp3) is 0.0556. The van der Waals surface area contributed by atoms with Gasteiger partial charge in [0.1, 0.15) is 11.5 Å². The molecule has 0 aliphatic heterocycles. The minimum absolute atomic E-state index is 0.116. The summed E-state index contributed by atoms with van der Waals surface area (Å²) in [4.78, 5) is 12.4. The zero-order valence-electron chi connectivity index (χ0n) is 14.1. The molecule has 0 fully saturated rings. The van der Waals surface area contributed by atoms with E-state index in [0.717, 1.165) is 0 Å². The van der Waals surface area contributed by atoms with Gasteiger partial charge in [0, 0.05) is 22.8 Å². The third-order valence-corrected chi connectivity index (χ3v) is 4.86. The van der Waals surface area contributed by atoms with Crippen LogP contribution in [0.15, 0.2) is 57.7 Å². The van der Waals surface area contributed by atoms with E-state index in [1.165, 1.54) is 23.1 Å². The summed E-state index contributed by atoms with van der Waals surface area (Å²) in [5.74, 6) is -0.0330. The van der Waals surface area contributed by atoms with Crippen LogP contribution in [-0.2, 0) is 6.54 Å². The molecule has 142 valence electrons. The number of amides is 1. The van der Waals surface area contributed by atoms with Crippen molar-refractivity contribution in [1.29, 1.82) is 0 Å². The van der Waals surface area contributed by atoms with Gasteiger partial charge in [-0.2, -0.15) is 10.2 Å². The van der Waals surface area contributed by atoms with E-state index >= 15 is 0 Å². The predicted octanol–water partition coefficient (Wildman–Crippen LogP) is 4.72. The second-order valence-corrected chi connectivity index (χ2v) is 7.08. The lowest BCUT2D eigenvalue weighted by Crippen LogP contribution is -2.13. The normalized spacial score (nSPS) is 11.0. The number of carbonyl (C=O) groups excluding carboxylic acids is 1. The van der Waals surface area contributed by atoms with Gasteiger partial charge in [-0.15, -0.1) is 0 Å². The Morgan fingerprint density at radius 1 is 1.36 bits per heavy atom. The van der Waals surface area contributed by atoms with Gasteiger partial charge in [0.15, 0.2) is 17.3 Å². The molecule has 0 bridgehead atoms. The molecular formula is C18H12BrClFN5O2. The Kier molecular flexibility index (Phi) is 5.01. The molecule has 2 N–H and O–H groups in total. The molecule has 0 spiro atoms. The molecule has 7 nitrogen and oxygen atoms in total. The van der Waals surface area contributed by atoms with Crippen molar-refractivity contribution >= 4 is 39.3 Å². The van der Waals surface area contributed by atoms with Gasteiger partial charge in [0.2, 0.25) is 0 Å². The van der Waals surface area contributed by atoms with Crippen molar-refractivity contribution in [3.05, 3.63) is 75.4 Å². The quantitative estimate of drug-likeness (QED) is 0.447. The van der Waals surface area contributed by atoms with Gasteiger partial charge in [0.05, 0.1) is 17.3 Å². The van der Waals surface area contributed by atoms with E-state index in [1.807, 2.05) is 0 Å². The summed E-state index contributed by atoms with van der Waals surface area (Å²) in [6, 6.07) is 9.53. The molecule has 1 amide bonds. The van der Waals surface area contributed by atoms with Crippen LogP contribution in [-0.4, -0.2) is 25.9 Å². The average molecular weight is 465 g/mol. The van der Waals surface area contributed by atoms with Gasteiger partial charge in [0.25, 0.3) is 5.91 Å². The summed E-state index contributed by atoms with van der Waals surface area (Å²) in [5, 5.41) is 14.0. The lowest BCUT2D eigenvalue weighted by Gasteiger charge is -2.05. The Labute approximate surface area is 171 Å². The largest absolute Gasteiger partial charge is 0.463 e. The van der Waals surface area contributed by atoms with Crippen molar-refractivity contribution in [3.63, 3.8) is 0 Å². The molecule has 0 aliphatic carbocycles. The highest BCUT2D eigenvalue weighted by Gasteiger charge is 2.17. The molecule has 4 rings (SSSR count). The minimum atomic E-state index is -0.455. The summed E-state index contributed by atoms with van der Waals surface area (Å²) < 4.78 is 21.2. The number of furan rings is 1. The highest BCUT2D eigenvalue weighted by atomic mass is 79.9. The standard InChI is InChI=1S/C18H12BrClFN5O2/c19-11-9-26(8-10-12(20)3-1-4-13(10)21)25-17(11)22-18(27)15-7-14(23-24-15)16-5-2-6-28-16/h1-7,9H,8H2,(H,23,24)(H,22,25,27).